The molecule has 1 atom stereocenters. The Morgan fingerprint density at radius 1 is 1.14 bits per heavy atom. The standard InChI is InChI=1S/C21H29P/c1-15-6-8-18(9-7-15)20-11-16(2)10-19(12-20)17(3)13-21(4,5)14-22/h6,8,10-12H,3,7,9,13-14,22H2,1-2,4-5H3. The molecule has 0 saturated heterocycles. The summed E-state index contributed by atoms with van der Waals surface area (Å²) in [6.07, 6.45) is 9.00. The van der Waals surface area contributed by atoms with Crippen LogP contribution in [0.1, 0.15) is 56.7 Å². The maximum atomic E-state index is 4.36. The average Bonchev–Trinajstić information content (AvgIpc) is 2.47. The van der Waals surface area contributed by atoms with Crippen LogP contribution in [0.25, 0.3) is 11.1 Å². The van der Waals surface area contributed by atoms with E-state index in [1.165, 1.54) is 39.8 Å². The fourth-order valence-electron chi connectivity index (χ4n) is 2.91. The topological polar surface area (TPSA) is 0 Å². The first-order chi connectivity index (χ1) is 10.3. The van der Waals surface area contributed by atoms with Crippen molar-refractivity contribution < 1.29 is 0 Å². The van der Waals surface area contributed by atoms with Gasteiger partial charge in [0.15, 0.2) is 0 Å². The van der Waals surface area contributed by atoms with Crippen LogP contribution in [0.2, 0.25) is 0 Å². The Morgan fingerprint density at radius 3 is 2.45 bits per heavy atom. The molecule has 1 aliphatic carbocycles. The van der Waals surface area contributed by atoms with E-state index >= 15 is 0 Å². The average molecular weight is 312 g/mol. The third-order valence-corrected chi connectivity index (χ3v) is 5.56. The highest BCUT2D eigenvalue weighted by molar-refractivity contribution is 7.16. The van der Waals surface area contributed by atoms with Crippen molar-refractivity contribution in [3.8, 4) is 0 Å². The van der Waals surface area contributed by atoms with Crippen molar-refractivity contribution in [2.24, 2.45) is 5.41 Å². The van der Waals surface area contributed by atoms with Crippen LogP contribution in [-0.4, -0.2) is 6.16 Å². The van der Waals surface area contributed by atoms with Gasteiger partial charge >= 0.3 is 0 Å². The summed E-state index contributed by atoms with van der Waals surface area (Å²) in [5.74, 6) is 0. The summed E-state index contributed by atoms with van der Waals surface area (Å²) < 4.78 is 0. The van der Waals surface area contributed by atoms with Crippen LogP contribution in [0.3, 0.4) is 0 Å². The lowest BCUT2D eigenvalue weighted by molar-refractivity contribution is 0.438. The molecule has 1 aromatic rings. The molecule has 0 amide bonds. The molecular weight excluding hydrogens is 283 g/mol. The first kappa shape index (κ1) is 17.2. The molecule has 1 aromatic carbocycles. The quantitative estimate of drug-likeness (QED) is 0.550. The summed E-state index contributed by atoms with van der Waals surface area (Å²) in [7, 11) is 2.86. The van der Waals surface area contributed by atoms with Gasteiger partial charge in [-0.2, -0.15) is 0 Å². The van der Waals surface area contributed by atoms with Gasteiger partial charge in [-0.15, -0.1) is 9.24 Å². The normalized spacial score (nSPS) is 15.3. The second-order valence-electron chi connectivity index (χ2n) is 7.44. The zero-order valence-electron chi connectivity index (χ0n) is 14.5. The first-order valence-electron chi connectivity index (χ1n) is 8.17. The molecule has 22 heavy (non-hydrogen) atoms. The third kappa shape index (κ3) is 4.43. The fraction of sp³-hybridized carbons (Fsp3) is 0.429. The Kier molecular flexibility index (Phi) is 5.45. The van der Waals surface area contributed by atoms with Crippen LogP contribution in [0.15, 0.2) is 42.5 Å². The molecule has 2 rings (SSSR count). The summed E-state index contributed by atoms with van der Waals surface area (Å²) in [5, 5.41) is 0. The SMILES string of the molecule is C=C(CC(C)(C)CP)c1cc(C)cc(C2=CC=C(C)CC2)c1. The summed E-state index contributed by atoms with van der Waals surface area (Å²) in [6.45, 7) is 13.4. The summed E-state index contributed by atoms with van der Waals surface area (Å²) >= 11 is 0. The molecule has 0 spiro atoms. The van der Waals surface area contributed by atoms with E-state index in [1.807, 2.05) is 0 Å². The number of hydrogen-bond donors (Lipinski definition) is 0. The van der Waals surface area contributed by atoms with E-state index in [9.17, 15) is 0 Å². The van der Waals surface area contributed by atoms with Crippen LogP contribution in [0, 0.1) is 12.3 Å². The summed E-state index contributed by atoms with van der Waals surface area (Å²) in [6, 6.07) is 6.90. The molecule has 0 heterocycles. The second kappa shape index (κ2) is 6.97. The molecule has 0 fully saturated rings. The van der Waals surface area contributed by atoms with Gasteiger partial charge in [0.05, 0.1) is 0 Å². The zero-order chi connectivity index (χ0) is 16.3. The van der Waals surface area contributed by atoms with Crippen LogP contribution < -0.4 is 0 Å². The highest BCUT2D eigenvalue weighted by Crippen LogP contribution is 2.34. The van der Waals surface area contributed by atoms with Gasteiger partial charge in [0.2, 0.25) is 0 Å². The van der Waals surface area contributed by atoms with Crippen molar-refractivity contribution >= 4 is 20.4 Å². The number of aryl methyl sites for hydroxylation is 1. The van der Waals surface area contributed by atoms with Crippen molar-refractivity contribution in [3.05, 3.63) is 59.2 Å². The Hall–Kier alpha value is -1.13. The molecule has 1 unspecified atom stereocenters. The summed E-state index contributed by atoms with van der Waals surface area (Å²) in [5.41, 5.74) is 8.45. The minimum absolute atomic E-state index is 0.287. The number of rotatable bonds is 5. The van der Waals surface area contributed by atoms with E-state index in [0.29, 0.717) is 0 Å². The van der Waals surface area contributed by atoms with Gasteiger partial charge in [-0.05, 0) is 78.6 Å². The van der Waals surface area contributed by atoms with Crippen molar-refractivity contribution in [3.63, 3.8) is 0 Å². The Balaban J connectivity index is 2.29. The molecule has 1 heteroatoms. The van der Waals surface area contributed by atoms with E-state index in [4.69, 9.17) is 0 Å². The molecular formula is C21H29P. The van der Waals surface area contributed by atoms with Crippen molar-refractivity contribution in [2.45, 2.75) is 47.0 Å². The van der Waals surface area contributed by atoms with Crippen molar-refractivity contribution in [1.82, 2.24) is 0 Å². The molecule has 1 aliphatic rings. The smallest absolute Gasteiger partial charge is 0.0216 e. The van der Waals surface area contributed by atoms with Gasteiger partial charge in [0, 0.05) is 0 Å². The van der Waals surface area contributed by atoms with E-state index in [2.05, 4.69) is 73.9 Å². The fourth-order valence-corrected chi connectivity index (χ4v) is 3.05. The van der Waals surface area contributed by atoms with Gasteiger partial charge in [-0.3, -0.25) is 0 Å². The molecule has 0 saturated carbocycles. The van der Waals surface area contributed by atoms with Gasteiger partial charge in [-0.1, -0.05) is 50.3 Å². The number of benzene rings is 1. The monoisotopic (exact) mass is 312 g/mol. The largest absolute Gasteiger partial charge is 0.137 e. The molecule has 0 nitrogen and oxygen atoms in total. The second-order valence-corrected chi connectivity index (χ2v) is 7.85. The minimum atomic E-state index is 0.287. The Morgan fingerprint density at radius 2 is 1.86 bits per heavy atom. The maximum absolute atomic E-state index is 4.36. The van der Waals surface area contributed by atoms with Gasteiger partial charge < -0.3 is 0 Å². The molecule has 0 aliphatic heterocycles. The van der Waals surface area contributed by atoms with E-state index in [1.54, 1.807) is 0 Å². The minimum Gasteiger partial charge on any atom is -0.137 e. The first-order valence-corrected chi connectivity index (χ1v) is 8.99. The molecule has 118 valence electrons. The van der Waals surface area contributed by atoms with Crippen molar-refractivity contribution in [1.29, 1.82) is 0 Å². The third-order valence-electron chi connectivity index (χ3n) is 4.46. The maximum Gasteiger partial charge on any atom is -0.0216 e. The summed E-state index contributed by atoms with van der Waals surface area (Å²) in [4.78, 5) is 0. The molecule has 0 aromatic heterocycles. The van der Waals surface area contributed by atoms with Gasteiger partial charge in [0.25, 0.3) is 0 Å². The highest BCUT2D eigenvalue weighted by atomic mass is 31.0. The van der Waals surface area contributed by atoms with Crippen molar-refractivity contribution in [2.75, 3.05) is 6.16 Å². The molecule has 0 radical (unpaired) electrons. The lowest BCUT2D eigenvalue weighted by Gasteiger charge is -2.24. The number of hydrogen-bond acceptors (Lipinski definition) is 0. The number of allylic oxidation sites excluding steroid dienone is 5. The molecule has 0 bridgehead atoms. The Labute approximate surface area is 138 Å². The molecule has 0 N–H and O–H groups in total. The lowest BCUT2D eigenvalue weighted by Crippen LogP contribution is -2.13. The van der Waals surface area contributed by atoms with E-state index < -0.39 is 0 Å². The van der Waals surface area contributed by atoms with Crippen LogP contribution >= 0.6 is 9.24 Å². The van der Waals surface area contributed by atoms with E-state index in [0.717, 1.165) is 19.0 Å². The Bertz CT molecular complexity index is 629. The van der Waals surface area contributed by atoms with Crippen LogP contribution in [0.5, 0.6) is 0 Å². The van der Waals surface area contributed by atoms with Gasteiger partial charge in [-0.25, -0.2) is 0 Å². The highest BCUT2D eigenvalue weighted by Gasteiger charge is 2.18. The van der Waals surface area contributed by atoms with Gasteiger partial charge in [0.1, 0.15) is 0 Å². The zero-order valence-corrected chi connectivity index (χ0v) is 15.7. The van der Waals surface area contributed by atoms with Crippen LogP contribution in [0.4, 0.5) is 0 Å². The predicted molar refractivity (Wildman–Crippen MR) is 104 cm³/mol. The van der Waals surface area contributed by atoms with E-state index in [-0.39, 0.29) is 5.41 Å². The van der Waals surface area contributed by atoms with Crippen LogP contribution in [-0.2, 0) is 0 Å². The lowest BCUT2D eigenvalue weighted by atomic mass is 9.84. The predicted octanol–water partition coefficient (Wildman–Crippen LogP) is 6.42.